The van der Waals surface area contributed by atoms with Gasteiger partial charge in [-0.25, -0.2) is 0 Å². The van der Waals surface area contributed by atoms with E-state index >= 15 is 0 Å². The molecular weight excluding hydrogens is 296 g/mol. The fourth-order valence-electron chi connectivity index (χ4n) is 2.40. The lowest BCUT2D eigenvalue weighted by molar-refractivity contribution is -0.384. The Hall–Kier alpha value is -2.80. The number of benzene rings is 2. The van der Waals surface area contributed by atoms with Gasteiger partial charge in [-0.15, -0.1) is 5.11 Å². The number of hydrogen-bond donors (Lipinski definition) is 0. The predicted octanol–water partition coefficient (Wildman–Crippen LogP) is 3.54. The second-order valence-electron chi connectivity index (χ2n) is 5.07. The monoisotopic (exact) mass is 312 g/mol. The molecule has 1 saturated heterocycles. The topological polar surface area (TPSA) is 80.3 Å². The van der Waals surface area contributed by atoms with Crippen LogP contribution < -0.4 is 4.90 Å². The highest BCUT2D eigenvalue weighted by molar-refractivity contribution is 5.56. The van der Waals surface area contributed by atoms with E-state index in [4.69, 9.17) is 4.74 Å². The number of para-hydroxylation sites is 2. The third kappa shape index (κ3) is 3.70. The molecule has 1 aliphatic rings. The number of nitro groups is 1. The Bertz CT molecular complexity index is 705. The Morgan fingerprint density at radius 1 is 1.13 bits per heavy atom. The zero-order valence-corrected chi connectivity index (χ0v) is 12.4. The van der Waals surface area contributed by atoms with Crippen LogP contribution >= 0.6 is 0 Å². The molecule has 7 heteroatoms. The SMILES string of the molecule is O=[N+]([O-])c1ccccc1N=NC1CN(c2ccccc2)CCO1. The number of azo groups is 1. The highest BCUT2D eigenvalue weighted by Gasteiger charge is 2.20. The van der Waals surface area contributed by atoms with Crippen LogP contribution in [0.4, 0.5) is 17.1 Å². The lowest BCUT2D eigenvalue weighted by Gasteiger charge is -2.32. The van der Waals surface area contributed by atoms with Crippen LogP contribution in [0.3, 0.4) is 0 Å². The molecule has 1 aliphatic heterocycles. The van der Waals surface area contributed by atoms with Crippen molar-refractivity contribution < 1.29 is 9.66 Å². The number of nitrogens with zero attached hydrogens (tertiary/aromatic N) is 4. The van der Waals surface area contributed by atoms with Gasteiger partial charge in [0.2, 0.25) is 0 Å². The molecule has 1 atom stereocenters. The highest BCUT2D eigenvalue weighted by atomic mass is 16.6. The van der Waals surface area contributed by atoms with Gasteiger partial charge < -0.3 is 9.64 Å². The number of morpholine rings is 1. The van der Waals surface area contributed by atoms with E-state index in [2.05, 4.69) is 15.1 Å². The molecule has 0 aliphatic carbocycles. The molecule has 7 nitrogen and oxygen atoms in total. The maximum Gasteiger partial charge on any atom is 0.296 e. The van der Waals surface area contributed by atoms with Gasteiger partial charge >= 0.3 is 0 Å². The van der Waals surface area contributed by atoms with Crippen molar-refractivity contribution in [1.82, 2.24) is 0 Å². The van der Waals surface area contributed by atoms with Crippen LogP contribution in [0.25, 0.3) is 0 Å². The van der Waals surface area contributed by atoms with Crippen molar-refractivity contribution >= 4 is 17.1 Å². The number of anilines is 1. The largest absolute Gasteiger partial charge is 0.365 e. The highest BCUT2D eigenvalue weighted by Crippen LogP contribution is 2.27. The fraction of sp³-hybridized carbons (Fsp3) is 0.250. The van der Waals surface area contributed by atoms with Crippen LogP contribution in [0, 0.1) is 10.1 Å². The quantitative estimate of drug-likeness (QED) is 0.491. The Morgan fingerprint density at radius 3 is 2.65 bits per heavy atom. The van der Waals surface area contributed by atoms with Crippen molar-refractivity contribution in [2.24, 2.45) is 10.2 Å². The molecule has 1 heterocycles. The van der Waals surface area contributed by atoms with Gasteiger partial charge in [-0.05, 0) is 18.2 Å². The summed E-state index contributed by atoms with van der Waals surface area (Å²) >= 11 is 0. The molecule has 3 rings (SSSR count). The van der Waals surface area contributed by atoms with E-state index in [1.54, 1.807) is 18.2 Å². The van der Waals surface area contributed by atoms with Crippen LogP contribution in [-0.4, -0.2) is 30.8 Å². The first kappa shape index (κ1) is 15.1. The zero-order valence-electron chi connectivity index (χ0n) is 12.4. The third-order valence-electron chi connectivity index (χ3n) is 3.54. The molecule has 0 N–H and O–H groups in total. The molecule has 1 fully saturated rings. The molecule has 0 aromatic heterocycles. The second-order valence-corrected chi connectivity index (χ2v) is 5.07. The molecule has 0 saturated carbocycles. The van der Waals surface area contributed by atoms with E-state index < -0.39 is 11.2 Å². The van der Waals surface area contributed by atoms with Gasteiger partial charge in [-0.1, -0.05) is 30.3 Å². The summed E-state index contributed by atoms with van der Waals surface area (Å²) in [4.78, 5) is 12.7. The summed E-state index contributed by atoms with van der Waals surface area (Å²) in [7, 11) is 0. The maximum absolute atomic E-state index is 11.0. The average molecular weight is 312 g/mol. The lowest BCUT2D eigenvalue weighted by atomic mass is 10.2. The first-order valence-electron chi connectivity index (χ1n) is 7.30. The van der Waals surface area contributed by atoms with Gasteiger partial charge in [0.05, 0.1) is 18.1 Å². The van der Waals surface area contributed by atoms with Crippen molar-refractivity contribution in [3.8, 4) is 0 Å². The smallest absolute Gasteiger partial charge is 0.296 e. The lowest BCUT2D eigenvalue weighted by Crippen LogP contribution is -2.41. The van der Waals surface area contributed by atoms with Gasteiger partial charge in [0.1, 0.15) is 0 Å². The summed E-state index contributed by atoms with van der Waals surface area (Å²) in [6, 6.07) is 16.3. The Balaban J connectivity index is 1.72. The van der Waals surface area contributed by atoms with Crippen molar-refractivity contribution in [2.75, 3.05) is 24.6 Å². The molecule has 0 bridgehead atoms. The number of rotatable bonds is 4. The Kier molecular flexibility index (Phi) is 4.58. The third-order valence-corrected chi connectivity index (χ3v) is 3.54. The molecule has 2 aromatic rings. The van der Waals surface area contributed by atoms with Gasteiger partial charge in [-0.3, -0.25) is 10.1 Å². The molecule has 1 unspecified atom stereocenters. The summed E-state index contributed by atoms with van der Waals surface area (Å²) in [6.45, 7) is 1.88. The van der Waals surface area contributed by atoms with Gasteiger partial charge in [0.25, 0.3) is 5.69 Å². The van der Waals surface area contributed by atoms with Crippen molar-refractivity contribution in [2.45, 2.75) is 6.23 Å². The van der Waals surface area contributed by atoms with Crippen molar-refractivity contribution in [3.63, 3.8) is 0 Å². The fourth-order valence-corrected chi connectivity index (χ4v) is 2.40. The summed E-state index contributed by atoms with van der Waals surface area (Å²) in [5.41, 5.74) is 1.27. The van der Waals surface area contributed by atoms with Gasteiger partial charge in [0.15, 0.2) is 11.9 Å². The minimum absolute atomic E-state index is 0.0630. The molecule has 118 valence electrons. The first-order valence-corrected chi connectivity index (χ1v) is 7.30. The second kappa shape index (κ2) is 6.97. The van der Waals surface area contributed by atoms with E-state index in [9.17, 15) is 10.1 Å². The summed E-state index contributed by atoms with van der Waals surface area (Å²) in [5.74, 6) is 0. The van der Waals surface area contributed by atoms with Crippen LogP contribution in [-0.2, 0) is 4.74 Å². The standard InChI is InChI=1S/C16H16N4O3/c21-20(22)15-9-5-4-8-14(15)17-18-16-12-19(10-11-23-16)13-6-2-1-3-7-13/h1-9,16H,10-12H2. The van der Waals surface area contributed by atoms with Crippen LogP contribution in [0.15, 0.2) is 64.8 Å². The van der Waals surface area contributed by atoms with E-state index in [-0.39, 0.29) is 11.4 Å². The number of ether oxygens (including phenoxy) is 1. The maximum atomic E-state index is 11.0. The molecule has 23 heavy (non-hydrogen) atoms. The normalized spacial score (nSPS) is 18.3. The number of nitro benzene ring substituents is 1. The summed E-state index contributed by atoms with van der Waals surface area (Å²) in [5, 5.41) is 19.1. The predicted molar refractivity (Wildman–Crippen MR) is 86.0 cm³/mol. The van der Waals surface area contributed by atoms with E-state index in [0.29, 0.717) is 13.2 Å². The van der Waals surface area contributed by atoms with E-state index in [0.717, 1.165) is 12.2 Å². The minimum Gasteiger partial charge on any atom is -0.365 e. The molecule has 0 amide bonds. The number of hydrogen-bond acceptors (Lipinski definition) is 6. The summed E-state index contributed by atoms with van der Waals surface area (Å²) < 4.78 is 5.58. The Labute approximate surface area is 133 Å². The summed E-state index contributed by atoms with van der Waals surface area (Å²) in [6.07, 6.45) is -0.441. The minimum atomic E-state index is -0.466. The zero-order chi connectivity index (χ0) is 16.1. The van der Waals surface area contributed by atoms with Crippen LogP contribution in [0.1, 0.15) is 0 Å². The molecule has 0 spiro atoms. The van der Waals surface area contributed by atoms with E-state index in [1.165, 1.54) is 6.07 Å². The molecule has 2 aromatic carbocycles. The van der Waals surface area contributed by atoms with E-state index in [1.807, 2.05) is 30.3 Å². The first-order chi connectivity index (χ1) is 11.2. The van der Waals surface area contributed by atoms with Gasteiger partial charge in [0, 0.05) is 18.3 Å². The molecular formula is C16H16N4O3. The van der Waals surface area contributed by atoms with Crippen LogP contribution in [0.2, 0.25) is 0 Å². The van der Waals surface area contributed by atoms with Gasteiger partial charge in [-0.2, -0.15) is 5.11 Å². The van der Waals surface area contributed by atoms with Crippen molar-refractivity contribution in [3.05, 3.63) is 64.7 Å². The average Bonchev–Trinajstić information content (AvgIpc) is 2.61. The Morgan fingerprint density at radius 2 is 1.87 bits per heavy atom. The van der Waals surface area contributed by atoms with Crippen molar-refractivity contribution in [1.29, 1.82) is 0 Å². The van der Waals surface area contributed by atoms with Crippen LogP contribution in [0.5, 0.6) is 0 Å². The molecule has 0 radical (unpaired) electrons.